The molecular weight excluding hydrogens is 368 g/mol. The molecule has 1 unspecified atom stereocenters. The molecule has 3 rings (SSSR count). The topological polar surface area (TPSA) is 96.7 Å². The number of nitro benzene ring substituents is 1. The lowest BCUT2D eigenvalue weighted by molar-refractivity contribution is -0.387. The molecule has 144 valence electrons. The van der Waals surface area contributed by atoms with Crippen LogP contribution in [0.3, 0.4) is 0 Å². The molecule has 1 fully saturated rings. The number of piperazine rings is 1. The Bertz CT molecular complexity index is 926. The number of hydrogen-bond acceptors (Lipinski definition) is 7. The summed E-state index contributed by atoms with van der Waals surface area (Å²) in [4.78, 5) is 18.8. The fraction of sp³-hybridized carbons (Fsp3) is 0.389. The van der Waals surface area contributed by atoms with E-state index in [4.69, 9.17) is 0 Å². The lowest BCUT2D eigenvalue weighted by atomic mass is 10.1. The van der Waals surface area contributed by atoms with Crippen LogP contribution in [0.5, 0.6) is 0 Å². The number of nitro groups is 1. The van der Waals surface area contributed by atoms with Gasteiger partial charge >= 0.3 is 0 Å². The third kappa shape index (κ3) is 4.25. The summed E-state index contributed by atoms with van der Waals surface area (Å²) in [5.74, 6) is 0. The van der Waals surface area contributed by atoms with Crippen LogP contribution >= 0.6 is 0 Å². The lowest BCUT2D eigenvalue weighted by Crippen LogP contribution is -2.47. The van der Waals surface area contributed by atoms with E-state index in [0.29, 0.717) is 18.8 Å². The van der Waals surface area contributed by atoms with E-state index >= 15 is 0 Å². The number of benzene rings is 1. The highest BCUT2D eigenvalue weighted by molar-refractivity contribution is 7.90. The molecule has 0 N–H and O–H groups in total. The molecule has 1 aliphatic heterocycles. The molecule has 1 atom stereocenters. The summed E-state index contributed by atoms with van der Waals surface area (Å²) in [5, 5.41) is 11.1. The Morgan fingerprint density at radius 3 is 2.44 bits per heavy atom. The fourth-order valence-corrected chi connectivity index (χ4v) is 4.21. The van der Waals surface area contributed by atoms with Gasteiger partial charge in [-0.05, 0) is 30.7 Å². The Balaban J connectivity index is 1.75. The van der Waals surface area contributed by atoms with E-state index < -0.39 is 14.8 Å². The molecule has 1 saturated heterocycles. The minimum absolute atomic E-state index is 0.240. The molecule has 27 heavy (non-hydrogen) atoms. The second-order valence-electron chi connectivity index (χ2n) is 6.67. The first-order valence-corrected chi connectivity index (χ1v) is 10.5. The number of nitrogens with zero attached hydrogens (tertiary/aromatic N) is 4. The SMILES string of the molecule is CC(c1cccnc1)N1CCN(c2ccc([N+](=O)[O-])c(S(C)(=O)=O)c2)CC1. The molecular formula is C18H22N4O4S. The van der Waals surface area contributed by atoms with E-state index in [1.807, 2.05) is 12.3 Å². The first-order valence-electron chi connectivity index (χ1n) is 8.65. The third-order valence-electron chi connectivity index (χ3n) is 4.93. The van der Waals surface area contributed by atoms with Gasteiger partial charge in [-0.25, -0.2) is 8.42 Å². The molecule has 9 heteroatoms. The highest BCUT2D eigenvalue weighted by atomic mass is 32.2. The van der Waals surface area contributed by atoms with Crippen molar-refractivity contribution in [2.75, 3.05) is 37.3 Å². The summed E-state index contributed by atoms with van der Waals surface area (Å²) in [7, 11) is -3.69. The highest BCUT2D eigenvalue weighted by Gasteiger charge is 2.26. The van der Waals surface area contributed by atoms with Crippen LogP contribution in [0.1, 0.15) is 18.5 Å². The van der Waals surface area contributed by atoms with Crippen LogP contribution in [-0.4, -0.2) is 55.7 Å². The van der Waals surface area contributed by atoms with Gasteiger partial charge in [0, 0.05) is 62.6 Å². The monoisotopic (exact) mass is 390 g/mol. The summed E-state index contributed by atoms with van der Waals surface area (Å²) < 4.78 is 23.9. The van der Waals surface area contributed by atoms with Crippen molar-refractivity contribution in [2.24, 2.45) is 0 Å². The number of sulfone groups is 1. The van der Waals surface area contributed by atoms with E-state index in [2.05, 4.69) is 27.8 Å². The van der Waals surface area contributed by atoms with Gasteiger partial charge in [-0.1, -0.05) is 6.07 Å². The summed E-state index contributed by atoms with van der Waals surface area (Å²) >= 11 is 0. The van der Waals surface area contributed by atoms with Crippen molar-refractivity contribution in [1.29, 1.82) is 0 Å². The molecule has 0 amide bonds. The predicted molar refractivity (Wildman–Crippen MR) is 103 cm³/mol. The van der Waals surface area contributed by atoms with Crippen molar-refractivity contribution in [3.8, 4) is 0 Å². The smallest absolute Gasteiger partial charge is 0.288 e. The van der Waals surface area contributed by atoms with Gasteiger partial charge < -0.3 is 4.90 Å². The Morgan fingerprint density at radius 2 is 1.89 bits per heavy atom. The van der Waals surface area contributed by atoms with E-state index in [0.717, 1.165) is 24.9 Å². The van der Waals surface area contributed by atoms with Gasteiger partial charge in [-0.15, -0.1) is 0 Å². The van der Waals surface area contributed by atoms with Crippen LogP contribution in [0.25, 0.3) is 0 Å². The molecule has 0 aliphatic carbocycles. The molecule has 0 bridgehead atoms. The Labute approximate surface area is 158 Å². The van der Waals surface area contributed by atoms with E-state index in [1.54, 1.807) is 12.3 Å². The maximum absolute atomic E-state index is 12.0. The van der Waals surface area contributed by atoms with Crippen molar-refractivity contribution in [3.63, 3.8) is 0 Å². The molecule has 1 aromatic carbocycles. The number of rotatable bonds is 5. The average Bonchev–Trinajstić information content (AvgIpc) is 2.67. The van der Waals surface area contributed by atoms with Gasteiger partial charge in [-0.3, -0.25) is 20.0 Å². The summed E-state index contributed by atoms with van der Waals surface area (Å²) in [5.41, 5.74) is 1.46. The maximum atomic E-state index is 12.0. The summed E-state index contributed by atoms with van der Waals surface area (Å²) in [6.45, 7) is 5.18. The predicted octanol–water partition coefficient (Wildman–Crippen LogP) is 2.28. The molecule has 0 spiro atoms. The first kappa shape index (κ1) is 19.2. The van der Waals surface area contributed by atoms with E-state index in [9.17, 15) is 18.5 Å². The van der Waals surface area contributed by atoms with Crippen LogP contribution in [0.15, 0.2) is 47.6 Å². The summed E-state index contributed by atoms with van der Waals surface area (Å²) in [6, 6.07) is 8.52. The van der Waals surface area contributed by atoms with Gasteiger partial charge in [0.15, 0.2) is 9.84 Å². The average molecular weight is 390 g/mol. The zero-order valence-electron chi connectivity index (χ0n) is 15.3. The third-order valence-corrected chi connectivity index (χ3v) is 6.06. The molecule has 2 aromatic rings. The summed E-state index contributed by atoms with van der Waals surface area (Å²) in [6.07, 6.45) is 4.61. The quantitative estimate of drug-likeness (QED) is 0.571. The van der Waals surface area contributed by atoms with Gasteiger partial charge in [-0.2, -0.15) is 0 Å². The molecule has 1 aromatic heterocycles. The second kappa shape index (κ2) is 7.61. The largest absolute Gasteiger partial charge is 0.369 e. The standard InChI is InChI=1S/C18H22N4O4S/c1-14(15-4-3-7-19-13-15)20-8-10-21(11-9-20)16-5-6-17(22(23)24)18(12-16)27(2,25)26/h3-7,12-14H,8-11H2,1-2H3. The van der Waals surface area contributed by atoms with Crippen molar-refractivity contribution in [2.45, 2.75) is 17.9 Å². The normalized spacial score (nSPS) is 16.9. The highest BCUT2D eigenvalue weighted by Crippen LogP contribution is 2.30. The molecule has 0 radical (unpaired) electrons. The van der Waals surface area contributed by atoms with Gasteiger partial charge in [0.2, 0.25) is 0 Å². The van der Waals surface area contributed by atoms with Crippen LogP contribution in [0, 0.1) is 10.1 Å². The Morgan fingerprint density at radius 1 is 1.19 bits per heavy atom. The number of pyridine rings is 1. The Hall–Kier alpha value is -2.52. The second-order valence-corrected chi connectivity index (χ2v) is 8.65. The van der Waals surface area contributed by atoms with Crippen molar-refractivity contribution in [3.05, 3.63) is 58.4 Å². The van der Waals surface area contributed by atoms with Crippen molar-refractivity contribution < 1.29 is 13.3 Å². The zero-order chi connectivity index (χ0) is 19.6. The molecule has 8 nitrogen and oxygen atoms in total. The minimum atomic E-state index is -3.69. The number of anilines is 1. The van der Waals surface area contributed by atoms with Crippen LogP contribution in [0.2, 0.25) is 0 Å². The lowest BCUT2D eigenvalue weighted by Gasteiger charge is -2.39. The number of hydrogen-bond donors (Lipinski definition) is 0. The van der Waals surface area contributed by atoms with E-state index in [1.165, 1.54) is 12.1 Å². The van der Waals surface area contributed by atoms with Crippen molar-refractivity contribution in [1.82, 2.24) is 9.88 Å². The van der Waals surface area contributed by atoms with Gasteiger partial charge in [0.25, 0.3) is 5.69 Å². The maximum Gasteiger partial charge on any atom is 0.288 e. The molecule has 0 saturated carbocycles. The molecule has 1 aliphatic rings. The molecule has 2 heterocycles. The van der Waals surface area contributed by atoms with Crippen LogP contribution in [-0.2, 0) is 9.84 Å². The van der Waals surface area contributed by atoms with Gasteiger partial charge in [0.05, 0.1) is 4.92 Å². The first-order chi connectivity index (χ1) is 12.8. The zero-order valence-corrected chi connectivity index (χ0v) is 16.1. The fourth-order valence-electron chi connectivity index (χ4n) is 3.35. The number of aromatic nitrogens is 1. The Kier molecular flexibility index (Phi) is 5.43. The van der Waals surface area contributed by atoms with E-state index in [-0.39, 0.29) is 16.6 Å². The van der Waals surface area contributed by atoms with Crippen LogP contribution < -0.4 is 4.90 Å². The van der Waals surface area contributed by atoms with Gasteiger partial charge in [0.1, 0.15) is 4.90 Å². The minimum Gasteiger partial charge on any atom is -0.369 e. The van der Waals surface area contributed by atoms with Crippen LogP contribution in [0.4, 0.5) is 11.4 Å². The van der Waals surface area contributed by atoms with Crippen molar-refractivity contribution >= 4 is 21.2 Å².